The van der Waals surface area contributed by atoms with Crippen molar-refractivity contribution in [1.82, 2.24) is 5.32 Å². The van der Waals surface area contributed by atoms with Crippen molar-refractivity contribution in [3.05, 3.63) is 0 Å². The van der Waals surface area contributed by atoms with Gasteiger partial charge in [-0.2, -0.15) is 0 Å². The van der Waals surface area contributed by atoms with E-state index < -0.39 is 0 Å². The Kier molecular flexibility index (Phi) is 2.55. The van der Waals surface area contributed by atoms with Gasteiger partial charge in [0.2, 0.25) is 0 Å². The van der Waals surface area contributed by atoms with Crippen molar-refractivity contribution >= 4 is 0 Å². The van der Waals surface area contributed by atoms with E-state index in [-0.39, 0.29) is 0 Å². The number of rotatable bonds is 2. The predicted octanol–water partition coefficient (Wildman–Crippen LogP) is 1.41. The lowest BCUT2D eigenvalue weighted by atomic mass is 9.87. The van der Waals surface area contributed by atoms with Crippen LogP contribution in [0.2, 0.25) is 0 Å². The molecule has 66 valence electrons. The van der Waals surface area contributed by atoms with Gasteiger partial charge < -0.3 is 10.1 Å². The summed E-state index contributed by atoms with van der Waals surface area (Å²) in [5.41, 5.74) is 0.398. The third-order valence-electron chi connectivity index (χ3n) is 2.90. The van der Waals surface area contributed by atoms with Crippen LogP contribution in [0.1, 0.15) is 26.7 Å². The first kappa shape index (κ1) is 9.01. The largest absolute Gasteiger partial charge is 0.380 e. The molecule has 2 atom stereocenters. The Morgan fingerprint density at radius 2 is 2.09 bits per heavy atom. The summed E-state index contributed by atoms with van der Waals surface area (Å²) in [6.07, 6.45) is 2.86. The topological polar surface area (TPSA) is 21.3 Å². The van der Waals surface area contributed by atoms with E-state index in [9.17, 15) is 0 Å². The summed E-state index contributed by atoms with van der Waals surface area (Å²) in [5, 5.41) is 3.33. The highest BCUT2D eigenvalue weighted by Gasteiger charge is 2.40. The fraction of sp³-hybridized carbons (Fsp3) is 1.00. The number of hydrogen-bond acceptors (Lipinski definition) is 2. The van der Waals surface area contributed by atoms with Crippen LogP contribution >= 0.6 is 0 Å². The summed E-state index contributed by atoms with van der Waals surface area (Å²) >= 11 is 0. The Hall–Kier alpha value is -0.0800. The lowest BCUT2D eigenvalue weighted by molar-refractivity contribution is 0.0697. The Labute approximate surface area is 69.3 Å². The molecule has 2 heteroatoms. The van der Waals surface area contributed by atoms with Gasteiger partial charge in [-0.25, -0.2) is 0 Å². The lowest BCUT2D eigenvalue weighted by Crippen LogP contribution is -2.43. The van der Waals surface area contributed by atoms with E-state index in [1.54, 1.807) is 7.11 Å². The van der Waals surface area contributed by atoms with Gasteiger partial charge in [0.1, 0.15) is 0 Å². The highest BCUT2D eigenvalue weighted by Crippen LogP contribution is 2.38. The number of methoxy groups -OCH3 is 1. The zero-order chi connectivity index (χ0) is 8.48. The highest BCUT2D eigenvalue weighted by atomic mass is 16.5. The second-order valence-corrected chi connectivity index (χ2v) is 4.07. The monoisotopic (exact) mass is 157 g/mol. The molecule has 0 radical (unpaired) electrons. The SMILES string of the molecule is CNC1C(OC)CCC1(C)C. The molecule has 0 bridgehead atoms. The normalized spacial score (nSPS) is 36.0. The highest BCUT2D eigenvalue weighted by molar-refractivity contribution is 4.96. The van der Waals surface area contributed by atoms with E-state index in [4.69, 9.17) is 4.74 Å². The van der Waals surface area contributed by atoms with E-state index in [1.165, 1.54) is 12.8 Å². The molecular weight excluding hydrogens is 138 g/mol. The summed E-state index contributed by atoms with van der Waals surface area (Å²) in [7, 11) is 3.82. The quantitative estimate of drug-likeness (QED) is 0.654. The zero-order valence-corrected chi connectivity index (χ0v) is 7.98. The first-order valence-corrected chi connectivity index (χ1v) is 4.32. The lowest BCUT2D eigenvalue weighted by Gasteiger charge is -2.29. The average Bonchev–Trinajstić information content (AvgIpc) is 2.24. The van der Waals surface area contributed by atoms with Crippen LogP contribution in [0.3, 0.4) is 0 Å². The average molecular weight is 157 g/mol. The minimum absolute atomic E-state index is 0.398. The van der Waals surface area contributed by atoms with Crippen LogP contribution < -0.4 is 5.32 Å². The van der Waals surface area contributed by atoms with Gasteiger partial charge in [0.25, 0.3) is 0 Å². The van der Waals surface area contributed by atoms with Gasteiger partial charge >= 0.3 is 0 Å². The van der Waals surface area contributed by atoms with Crippen LogP contribution in [-0.4, -0.2) is 26.3 Å². The second-order valence-electron chi connectivity index (χ2n) is 4.07. The molecule has 1 rings (SSSR count). The van der Waals surface area contributed by atoms with Crippen LogP contribution in [-0.2, 0) is 4.74 Å². The first-order valence-electron chi connectivity index (χ1n) is 4.32. The van der Waals surface area contributed by atoms with Gasteiger partial charge in [0.15, 0.2) is 0 Å². The molecule has 1 fully saturated rings. The minimum atomic E-state index is 0.398. The Morgan fingerprint density at radius 1 is 1.45 bits per heavy atom. The molecule has 1 saturated carbocycles. The van der Waals surface area contributed by atoms with Crippen LogP contribution in [0, 0.1) is 5.41 Å². The Morgan fingerprint density at radius 3 is 2.45 bits per heavy atom. The van der Waals surface area contributed by atoms with Crippen LogP contribution in [0.4, 0.5) is 0 Å². The van der Waals surface area contributed by atoms with E-state index in [1.807, 2.05) is 7.05 Å². The van der Waals surface area contributed by atoms with Crippen LogP contribution in [0.5, 0.6) is 0 Å². The van der Waals surface area contributed by atoms with E-state index in [0.29, 0.717) is 17.6 Å². The van der Waals surface area contributed by atoms with Crippen LogP contribution in [0.15, 0.2) is 0 Å². The molecule has 0 heterocycles. The molecule has 2 nitrogen and oxygen atoms in total. The standard InChI is InChI=1S/C9H19NO/c1-9(2)6-5-7(11-4)8(9)10-3/h7-8,10H,5-6H2,1-4H3. The molecular formula is C9H19NO. The molecule has 0 aromatic carbocycles. The maximum Gasteiger partial charge on any atom is 0.0729 e. The number of hydrogen-bond donors (Lipinski definition) is 1. The summed E-state index contributed by atoms with van der Waals surface area (Å²) in [6, 6.07) is 0.521. The summed E-state index contributed by atoms with van der Waals surface area (Å²) in [4.78, 5) is 0. The van der Waals surface area contributed by atoms with Crippen molar-refractivity contribution in [2.45, 2.75) is 38.8 Å². The predicted molar refractivity (Wildman–Crippen MR) is 46.7 cm³/mol. The Bertz CT molecular complexity index is 134. The maximum atomic E-state index is 5.39. The van der Waals surface area contributed by atoms with Crippen molar-refractivity contribution in [3.8, 4) is 0 Å². The maximum absolute atomic E-state index is 5.39. The van der Waals surface area contributed by atoms with E-state index in [2.05, 4.69) is 19.2 Å². The minimum Gasteiger partial charge on any atom is -0.380 e. The van der Waals surface area contributed by atoms with Crippen molar-refractivity contribution in [3.63, 3.8) is 0 Å². The summed E-state index contributed by atoms with van der Waals surface area (Å²) < 4.78 is 5.39. The van der Waals surface area contributed by atoms with Crippen molar-refractivity contribution in [2.75, 3.05) is 14.2 Å². The van der Waals surface area contributed by atoms with Crippen molar-refractivity contribution < 1.29 is 4.74 Å². The smallest absolute Gasteiger partial charge is 0.0729 e. The van der Waals surface area contributed by atoms with Gasteiger partial charge in [-0.15, -0.1) is 0 Å². The van der Waals surface area contributed by atoms with Crippen molar-refractivity contribution in [1.29, 1.82) is 0 Å². The fourth-order valence-electron chi connectivity index (χ4n) is 2.17. The molecule has 0 aliphatic heterocycles. The molecule has 1 aliphatic carbocycles. The van der Waals surface area contributed by atoms with Gasteiger partial charge in [-0.05, 0) is 25.3 Å². The van der Waals surface area contributed by atoms with Gasteiger partial charge in [-0.3, -0.25) is 0 Å². The molecule has 0 spiro atoms. The van der Waals surface area contributed by atoms with E-state index >= 15 is 0 Å². The molecule has 0 saturated heterocycles. The fourth-order valence-corrected chi connectivity index (χ4v) is 2.17. The van der Waals surface area contributed by atoms with Crippen molar-refractivity contribution in [2.24, 2.45) is 5.41 Å². The number of likely N-dealkylation sites (N-methyl/N-ethyl adjacent to an activating group) is 1. The molecule has 0 aromatic rings. The third-order valence-corrected chi connectivity index (χ3v) is 2.90. The summed E-state index contributed by atoms with van der Waals surface area (Å²) in [5.74, 6) is 0. The molecule has 2 unspecified atom stereocenters. The number of ether oxygens (including phenoxy) is 1. The van der Waals surface area contributed by atoms with Gasteiger partial charge in [0.05, 0.1) is 6.10 Å². The molecule has 0 aromatic heterocycles. The molecule has 1 N–H and O–H groups in total. The van der Waals surface area contributed by atoms with Gasteiger partial charge in [-0.1, -0.05) is 13.8 Å². The summed E-state index contributed by atoms with van der Waals surface area (Å²) in [6.45, 7) is 4.60. The molecule has 11 heavy (non-hydrogen) atoms. The second kappa shape index (κ2) is 3.11. The zero-order valence-electron chi connectivity index (χ0n) is 7.98. The molecule has 1 aliphatic rings. The van der Waals surface area contributed by atoms with Crippen LogP contribution in [0.25, 0.3) is 0 Å². The van der Waals surface area contributed by atoms with E-state index in [0.717, 1.165) is 0 Å². The first-order chi connectivity index (χ1) is 5.11. The number of nitrogens with one attached hydrogen (secondary N) is 1. The Balaban J connectivity index is 2.63. The van der Waals surface area contributed by atoms with Gasteiger partial charge in [0, 0.05) is 13.2 Å². The molecule has 0 amide bonds. The third kappa shape index (κ3) is 1.57.